The van der Waals surface area contributed by atoms with Crippen molar-refractivity contribution in [1.29, 1.82) is 5.26 Å². The van der Waals surface area contributed by atoms with Gasteiger partial charge in [0.05, 0.1) is 11.6 Å². The molecule has 2 aromatic heterocycles. The first-order valence-electron chi connectivity index (χ1n) is 6.00. The molecule has 0 atom stereocenters. The Hall–Kier alpha value is -2.65. The van der Waals surface area contributed by atoms with Crippen molar-refractivity contribution < 1.29 is 9.53 Å². The fourth-order valence-corrected chi connectivity index (χ4v) is 1.38. The molecule has 0 saturated heterocycles. The number of carbonyl (C=O) groups is 1. The first-order valence-corrected chi connectivity index (χ1v) is 6.37. The summed E-state index contributed by atoms with van der Waals surface area (Å²) in [6.07, 6.45) is 5.13. The van der Waals surface area contributed by atoms with Crippen LogP contribution in [0.15, 0.2) is 36.8 Å². The zero-order valence-corrected chi connectivity index (χ0v) is 12.0. The van der Waals surface area contributed by atoms with Gasteiger partial charge < -0.3 is 10.1 Å². The van der Waals surface area contributed by atoms with Gasteiger partial charge in [0.25, 0.3) is 0 Å². The summed E-state index contributed by atoms with van der Waals surface area (Å²) in [6.45, 7) is 2.44. The van der Waals surface area contributed by atoms with E-state index >= 15 is 0 Å². The van der Waals surface area contributed by atoms with Crippen molar-refractivity contribution >= 4 is 23.8 Å². The minimum absolute atomic E-state index is 0.481. The van der Waals surface area contributed by atoms with Crippen LogP contribution in [-0.4, -0.2) is 23.0 Å². The van der Waals surface area contributed by atoms with E-state index in [1.807, 2.05) is 13.0 Å². The molecule has 0 spiro atoms. The molecule has 2 aromatic rings. The van der Waals surface area contributed by atoms with Crippen molar-refractivity contribution in [2.75, 3.05) is 11.9 Å². The normalized spacial score (nSPS) is 8.81. The zero-order chi connectivity index (χ0) is 15.5. The molecule has 1 amide bonds. The molecular formula is C14H13ClN4O2. The molecule has 0 radical (unpaired) electrons. The van der Waals surface area contributed by atoms with Crippen molar-refractivity contribution in [1.82, 2.24) is 9.97 Å². The molecule has 1 N–H and O–H groups in total. The Kier molecular flexibility index (Phi) is 7.25. The van der Waals surface area contributed by atoms with Gasteiger partial charge in [0.15, 0.2) is 0 Å². The lowest BCUT2D eigenvalue weighted by molar-refractivity contribution is -0.105. The van der Waals surface area contributed by atoms with Crippen LogP contribution in [0.1, 0.15) is 12.5 Å². The largest absolute Gasteiger partial charge is 0.492 e. The van der Waals surface area contributed by atoms with Crippen molar-refractivity contribution in [3.63, 3.8) is 0 Å². The number of hydrogen-bond donors (Lipinski definition) is 1. The van der Waals surface area contributed by atoms with E-state index in [1.165, 1.54) is 12.4 Å². The standard InChI is InChI=1S/C8H8N2O.C6H5ClN2O/c1-2-11-8-3-4-10-6-7(8)5-9;7-5-1-2-6(8-3-5)9-4-10/h3-4,6H,2H2,1H3;1-4H,(H,8,9,10). The summed E-state index contributed by atoms with van der Waals surface area (Å²) in [6, 6.07) is 6.95. The molecule has 0 unspecified atom stereocenters. The lowest BCUT2D eigenvalue weighted by atomic mass is 10.3. The molecule has 21 heavy (non-hydrogen) atoms. The fraction of sp³-hybridized carbons (Fsp3) is 0.143. The third-order valence-corrected chi connectivity index (χ3v) is 2.36. The maximum Gasteiger partial charge on any atom is 0.212 e. The Labute approximate surface area is 127 Å². The number of hydrogen-bond acceptors (Lipinski definition) is 5. The van der Waals surface area contributed by atoms with E-state index in [0.717, 1.165) is 0 Å². The molecule has 6 nitrogen and oxygen atoms in total. The van der Waals surface area contributed by atoms with Crippen LogP contribution >= 0.6 is 11.6 Å². The molecule has 0 aliphatic rings. The van der Waals surface area contributed by atoms with Crippen molar-refractivity contribution in [2.24, 2.45) is 0 Å². The highest BCUT2D eigenvalue weighted by molar-refractivity contribution is 6.30. The number of carbonyl (C=O) groups excluding carboxylic acids is 1. The number of ether oxygens (including phenoxy) is 1. The van der Waals surface area contributed by atoms with Gasteiger partial charge in [0, 0.05) is 18.6 Å². The van der Waals surface area contributed by atoms with Crippen LogP contribution < -0.4 is 10.1 Å². The summed E-state index contributed by atoms with van der Waals surface area (Å²) in [5, 5.41) is 11.5. The van der Waals surface area contributed by atoms with Gasteiger partial charge in [-0.05, 0) is 25.1 Å². The monoisotopic (exact) mass is 304 g/mol. The lowest BCUT2D eigenvalue weighted by Crippen LogP contribution is -1.95. The smallest absolute Gasteiger partial charge is 0.212 e. The number of halogens is 1. The molecular weight excluding hydrogens is 292 g/mol. The Morgan fingerprint density at radius 3 is 2.81 bits per heavy atom. The third kappa shape index (κ3) is 5.89. The third-order valence-electron chi connectivity index (χ3n) is 2.14. The molecule has 0 aromatic carbocycles. The van der Waals surface area contributed by atoms with Gasteiger partial charge in [0.2, 0.25) is 6.41 Å². The van der Waals surface area contributed by atoms with Gasteiger partial charge >= 0.3 is 0 Å². The summed E-state index contributed by atoms with van der Waals surface area (Å²) in [5.74, 6) is 1.10. The number of anilines is 1. The lowest BCUT2D eigenvalue weighted by Gasteiger charge is -2.02. The molecule has 0 fully saturated rings. The number of amides is 1. The van der Waals surface area contributed by atoms with Gasteiger partial charge in [-0.1, -0.05) is 11.6 Å². The summed E-state index contributed by atoms with van der Waals surface area (Å²) < 4.78 is 5.17. The van der Waals surface area contributed by atoms with E-state index in [2.05, 4.69) is 15.3 Å². The van der Waals surface area contributed by atoms with Gasteiger partial charge in [0.1, 0.15) is 23.2 Å². The summed E-state index contributed by atoms with van der Waals surface area (Å²) in [4.78, 5) is 17.5. The SMILES string of the molecule is CCOc1ccncc1C#N.O=CNc1ccc(Cl)cn1. The average molecular weight is 305 g/mol. The van der Waals surface area contributed by atoms with Crippen molar-refractivity contribution in [2.45, 2.75) is 6.92 Å². The molecule has 0 aliphatic carbocycles. The van der Waals surface area contributed by atoms with Crippen LogP contribution in [-0.2, 0) is 4.79 Å². The van der Waals surface area contributed by atoms with Crippen LogP contribution in [0.4, 0.5) is 5.82 Å². The number of aromatic nitrogens is 2. The first-order chi connectivity index (χ1) is 10.2. The first kappa shape index (κ1) is 16.4. The highest BCUT2D eigenvalue weighted by atomic mass is 35.5. The average Bonchev–Trinajstić information content (AvgIpc) is 2.51. The number of nitrogens with one attached hydrogen (secondary N) is 1. The molecule has 0 saturated carbocycles. The van der Waals surface area contributed by atoms with Gasteiger partial charge in [-0.3, -0.25) is 9.78 Å². The van der Waals surface area contributed by atoms with Crippen LogP contribution in [0.3, 0.4) is 0 Å². The van der Waals surface area contributed by atoms with Gasteiger partial charge in [-0.15, -0.1) is 0 Å². The molecule has 2 rings (SSSR count). The van der Waals surface area contributed by atoms with E-state index in [9.17, 15) is 4.79 Å². The van der Waals surface area contributed by atoms with E-state index in [0.29, 0.717) is 35.2 Å². The molecule has 7 heteroatoms. The fourth-order valence-electron chi connectivity index (χ4n) is 1.27. The second-order valence-electron chi connectivity index (χ2n) is 3.54. The number of pyridine rings is 2. The van der Waals surface area contributed by atoms with Gasteiger partial charge in [-0.25, -0.2) is 4.98 Å². The topological polar surface area (TPSA) is 87.9 Å². The van der Waals surface area contributed by atoms with E-state index < -0.39 is 0 Å². The summed E-state index contributed by atoms with van der Waals surface area (Å²) >= 11 is 5.53. The van der Waals surface area contributed by atoms with E-state index in [-0.39, 0.29) is 0 Å². The second kappa shape index (κ2) is 9.28. The number of nitrogens with zero attached hydrogens (tertiary/aromatic N) is 3. The van der Waals surface area contributed by atoms with Crippen LogP contribution in [0.5, 0.6) is 5.75 Å². The highest BCUT2D eigenvalue weighted by Crippen LogP contribution is 2.14. The summed E-state index contributed by atoms with van der Waals surface area (Å²) in [5.41, 5.74) is 0.481. The van der Waals surface area contributed by atoms with Crippen molar-refractivity contribution in [3.8, 4) is 11.8 Å². The van der Waals surface area contributed by atoms with E-state index in [4.69, 9.17) is 21.6 Å². The summed E-state index contributed by atoms with van der Waals surface area (Å²) in [7, 11) is 0. The molecule has 108 valence electrons. The zero-order valence-electron chi connectivity index (χ0n) is 11.3. The Balaban J connectivity index is 0.000000211. The molecule has 0 bridgehead atoms. The molecule has 2 heterocycles. The van der Waals surface area contributed by atoms with Crippen LogP contribution in [0.25, 0.3) is 0 Å². The Morgan fingerprint density at radius 2 is 2.24 bits per heavy atom. The Morgan fingerprint density at radius 1 is 1.43 bits per heavy atom. The quantitative estimate of drug-likeness (QED) is 0.877. The highest BCUT2D eigenvalue weighted by Gasteiger charge is 1.99. The maximum absolute atomic E-state index is 9.88. The predicted octanol–water partition coefficient (Wildman–Crippen LogP) is 2.66. The molecule has 0 aliphatic heterocycles. The van der Waals surface area contributed by atoms with Crippen LogP contribution in [0, 0.1) is 11.3 Å². The van der Waals surface area contributed by atoms with Crippen LogP contribution in [0.2, 0.25) is 5.02 Å². The second-order valence-corrected chi connectivity index (χ2v) is 3.98. The minimum atomic E-state index is 0.481. The van der Waals surface area contributed by atoms with E-state index in [1.54, 1.807) is 24.4 Å². The predicted molar refractivity (Wildman–Crippen MR) is 79.1 cm³/mol. The number of nitriles is 1. The number of rotatable bonds is 4. The maximum atomic E-state index is 9.88. The Bertz CT molecular complexity index is 611. The minimum Gasteiger partial charge on any atom is -0.492 e. The van der Waals surface area contributed by atoms with Gasteiger partial charge in [-0.2, -0.15) is 5.26 Å². The van der Waals surface area contributed by atoms with Crippen molar-refractivity contribution in [3.05, 3.63) is 47.4 Å².